The highest BCUT2D eigenvalue weighted by Crippen LogP contribution is 2.31. The van der Waals surface area contributed by atoms with Gasteiger partial charge in [-0.05, 0) is 47.0 Å². The van der Waals surface area contributed by atoms with Crippen molar-refractivity contribution in [3.63, 3.8) is 0 Å². The first kappa shape index (κ1) is 14.2. The number of hydrogen-bond acceptors (Lipinski definition) is 2. The molecule has 1 heterocycles. The SMILES string of the molecule is CCC(=O)C1CCCN(c2ccc(F)cc2Br)C1=O. The summed E-state index contributed by atoms with van der Waals surface area (Å²) in [5.74, 6) is -1.10. The molecule has 1 fully saturated rings. The molecule has 3 nitrogen and oxygen atoms in total. The Morgan fingerprint density at radius 2 is 2.26 bits per heavy atom. The van der Waals surface area contributed by atoms with Gasteiger partial charge in [-0.3, -0.25) is 9.59 Å². The molecule has 1 aliphatic rings. The molecule has 5 heteroatoms. The molecule has 1 aromatic rings. The number of amides is 1. The zero-order valence-corrected chi connectivity index (χ0v) is 12.2. The molecule has 19 heavy (non-hydrogen) atoms. The van der Waals surface area contributed by atoms with Crippen molar-refractivity contribution < 1.29 is 14.0 Å². The topological polar surface area (TPSA) is 37.4 Å². The van der Waals surface area contributed by atoms with Crippen LogP contribution in [0.4, 0.5) is 10.1 Å². The number of nitrogens with zero attached hydrogens (tertiary/aromatic N) is 1. The third-order valence-electron chi connectivity index (χ3n) is 3.38. The lowest BCUT2D eigenvalue weighted by atomic mass is 9.91. The highest BCUT2D eigenvalue weighted by molar-refractivity contribution is 9.10. The van der Waals surface area contributed by atoms with Crippen molar-refractivity contribution in [2.24, 2.45) is 5.92 Å². The van der Waals surface area contributed by atoms with Crippen LogP contribution in [0.15, 0.2) is 22.7 Å². The van der Waals surface area contributed by atoms with Crippen LogP contribution in [0.3, 0.4) is 0 Å². The predicted molar refractivity (Wildman–Crippen MR) is 74.5 cm³/mol. The molecule has 0 radical (unpaired) electrons. The van der Waals surface area contributed by atoms with Crippen LogP contribution >= 0.6 is 15.9 Å². The Morgan fingerprint density at radius 3 is 2.89 bits per heavy atom. The minimum atomic E-state index is -0.546. The molecule has 0 N–H and O–H groups in total. The number of rotatable bonds is 3. The Kier molecular flexibility index (Phi) is 4.34. The van der Waals surface area contributed by atoms with Crippen molar-refractivity contribution in [2.75, 3.05) is 11.4 Å². The normalized spacial score (nSPS) is 19.6. The second-order valence-electron chi connectivity index (χ2n) is 4.60. The maximum atomic E-state index is 13.1. The van der Waals surface area contributed by atoms with Crippen molar-refractivity contribution >= 4 is 33.3 Å². The van der Waals surface area contributed by atoms with Gasteiger partial charge in [0.1, 0.15) is 11.6 Å². The van der Waals surface area contributed by atoms with Gasteiger partial charge in [-0.25, -0.2) is 4.39 Å². The van der Waals surface area contributed by atoms with Crippen LogP contribution in [0.25, 0.3) is 0 Å². The number of hydrogen-bond donors (Lipinski definition) is 0. The second kappa shape index (κ2) is 5.82. The van der Waals surface area contributed by atoms with Gasteiger partial charge in [0.25, 0.3) is 0 Å². The zero-order valence-electron chi connectivity index (χ0n) is 10.7. The first-order valence-electron chi connectivity index (χ1n) is 6.33. The van der Waals surface area contributed by atoms with Crippen LogP contribution < -0.4 is 4.90 Å². The van der Waals surface area contributed by atoms with Gasteiger partial charge in [-0.15, -0.1) is 0 Å². The predicted octanol–water partition coefficient (Wildman–Crippen LogP) is 3.31. The molecule has 1 amide bonds. The van der Waals surface area contributed by atoms with Gasteiger partial charge in [0.2, 0.25) is 5.91 Å². The van der Waals surface area contributed by atoms with Gasteiger partial charge in [0.05, 0.1) is 11.6 Å². The molecule has 0 aromatic heterocycles. The minimum absolute atomic E-state index is 0.0204. The van der Waals surface area contributed by atoms with Gasteiger partial charge >= 0.3 is 0 Å². The van der Waals surface area contributed by atoms with E-state index in [1.165, 1.54) is 12.1 Å². The highest BCUT2D eigenvalue weighted by atomic mass is 79.9. The van der Waals surface area contributed by atoms with Gasteiger partial charge in [0.15, 0.2) is 0 Å². The van der Waals surface area contributed by atoms with Crippen LogP contribution in [0.2, 0.25) is 0 Å². The quantitative estimate of drug-likeness (QED) is 0.799. The van der Waals surface area contributed by atoms with Gasteiger partial charge in [-0.1, -0.05) is 6.92 Å². The van der Waals surface area contributed by atoms with Crippen molar-refractivity contribution in [3.05, 3.63) is 28.5 Å². The number of ketones is 1. The molecule has 1 saturated heterocycles. The van der Waals surface area contributed by atoms with Gasteiger partial charge < -0.3 is 4.90 Å². The van der Waals surface area contributed by atoms with E-state index in [4.69, 9.17) is 0 Å². The van der Waals surface area contributed by atoms with Crippen molar-refractivity contribution in [1.29, 1.82) is 0 Å². The molecule has 1 aliphatic heterocycles. The number of Topliss-reactive ketones (excluding diaryl/α,β-unsaturated/α-hetero) is 1. The Hall–Kier alpha value is -1.23. The monoisotopic (exact) mass is 327 g/mol. The molecule has 2 rings (SSSR count). The summed E-state index contributed by atoms with van der Waals surface area (Å²) in [7, 11) is 0. The average molecular weight is 328 g/mol. The molecule has 1 atom stereocenters. The summed E-state index contributed by atoms with van der Waals surface area (Å²) >= 11 is 3.27. The van der Waals surface area contributed by atoms with E-state index >= 15 is 0 Å². The fourth-order valence-corrected chi connectivity index (χ4v) is 2.92. The van der Waals surface area contributed by atoms with E-state index in [2.05, 4.69) is 15.9 Å². The molecule has 0 bridgehead atoms. The number of piperidine rings is 1. The third kappa shape index (κ3) is 2.86. The lowest BCUT2D eigenvalue weighted by Crippen LogP contribution is -2.44. The molecule has 0 spiro atoms. The summed E-state index contributed by atoms with van der Waals surface area (Å²) in [6.07, 6.45) is 1.77. The van der Waals surface area contributed by atoms with Crippen molar-refractivity contribution in [1.82, 2.24) is 0 Å². The van der Waals surface area contributed by atoms with Crippen LogP contribution in [-0.2, 0) is 9.59 Å². The number of anilines is 1. The van der Waals surface area contributed by atoms with E-state index < -0.39 is 5.92 Å². The fourth-order valence-electron chi connectivity index (χ4n) is 2.36. The standard InChI is InChI=1S/C14H15BrFNO2/c1-2-13(18)10-4-3-7-17(14(10)19)12-6-5-9(16)8-11(12)15/h5-6,8,10H,2-4,7H2,1H3. The molecule has 1 aromatic carbocycles. The van der Waals surface area contributed by atoms with Crippen LogP contribution in [0, 0.1) is 11.7 Å². The van der Waals surface area contributed by atoms with E-state index in [0.717, 1.165) is 6.42 Å². The molecular formula is C14H15BrFNO2. The van der Waals surface area contributed by atoms with Crippen molar-refractivity contribution in [3.8, 4) is 0 Å². The minimum Gasteiger partial charge on any atom is -0.311 e. The number of carbonyl (C=O) groups is 2. The summed E-state index contributed by atoms with van der Waals surface area (Å²) in [5.41, 5.74) is 0.625. The van der Waals surface area contributed by atoms with Crippen molar-refractivity contribution in [2.45, 2.75) is 26.2 Å². The second-order valence-corrected chi connectivity index (χ2v) is 5.45. The molecule has 0 aliphatic carbocycles. The number of benzene rings is 1. The van der Waals surface area contributed by atoms with E-state index in [-0.39, 0.29) is 17.5 Å². The van der Waals surface area contributed by atoms with E-state index in [0.29, 0.717) is 29.5 Å². The molecular weight excluding hydrogens is 313 g/mol. The van der Waals surface area contributed by atoms with Crippen LogP contribution in [0.1, 0.15) is 26.2 Å². The maximum absolute atomic E-state index is 13.1. The van der Waals surface area contributed by atoms with Crippen LogP contribution in [0.5, 0.6) is 0 Å². The van der Waals surface area contributed by atoms with E-state index in [1.807, 2.05) is 0 Å². The maximum Gasteiger partial charge on any atom is 0.237 e. The summed E-state index contributed by atoms with van der Waals surface area (Å²) in [5, 5.41) is 0. The van der Waals surface area contributed by atoms with Gasteiger partial charge in [-0.2, -0.15) is 0 Å². The lowest BCUT2D eigenvalue weighted by molar-refractivity contribution is -0.133. The summed E-state index contributed by atoms with van der Waals surface area (Å²) in [6.45, 7) is 2.33. The fraction of sp³-hybridized carbons (Fsp3) is 0.429. The number of carbonyl (C=O) groups excluding carboxylic acids is 2. The Labute approximate surface area is 119 Å². The zero-order chi connectivity index (χ0) is 14.0. The van der Waals surface area contributed by atoms with Crippen LogP contribution in [-0.4, -0.2) is 18.2 Å². The largest absolute Gasteiger partial charge is 0.311 e. The van der Waals surface area contributed by atoms with E-state index in [1.54, 1.807) is 17.9 Å². The summed E-state index contributed by atoms with van der Waals surface area (Å²) < 4.78 is 13.6. The lowest BCUT2D eigenvalue weighted by Gasteiger charge is -2.32. The Bertz CT molecular complexity index is 518. The average Bonchev–Trinajstić information content (AvgIpc) is 2.39. The third-order valence-corrected chi connectivity index (χ3v) is 4.01. The Balaban J connectivity index is 2.29. The molecule has 0 saturated carbocycles. The summed E-state index contributed by atoms with van der Waals surface area (Å²) in [6, 6.07) is 4.21. The molecule has 1 unspecified atom stereocenters. The Morgan fingerprint density at radius 1 is 1.53 bits per heavy atom. The van der Waals surface area contributed by atoms with Gasteiger partial charge in [0, 0.05) is 17.4 Å². The summed E-state index contributed by atoms with van der Waals surface area (Å²) in [4.78, 5) is 25.7. The molecule has 102 valence electrons. The number of halogens is 2. The first-order chi connectivity index (χ1) is 9.04. The van der Waals surface area contributed by atoms with E-state index in [9.17, 15) is 14.0 Å². The first-order valence-corrected chi connectivity index (χ1v) is 7.13. The highest BCUT2D eigenvalue weighted by Gasteiger charge is 2.34. The smallest absolute Gasteiger partial charge is 0.237 e.